The Balaban J connectivity index is 1.67. The normalized spacial score (nSPS) is 30.1. The lowest BCUT2D eigenvalue weighted by Crippen LogP contribution is -2.42. The molecule has 3 aliphatic rings. The van der Waals surface area contributed by atoms with Crippen LogP contribution in [-0.4, -0.2) is 17.1 Å². The van der Waals surface area contributed by atoms with E-state index in [1.165, 1.54) is 43.3 Å². The monoisotopic (exact) mass is 289 g/mol. The summed E-state index contributed by atoms with van der Waals surface area (Å²) in [6, 6.07) is 0.285. The van der Waals surface area contributed by atoms with E-state index in [0.29, 0.717) is 30.1 Å². The summed E-state index contributed by atoms with van der Waals surface area (Å²) in [6.45, 7) is 2.22. The average Bonchev–Trinajstić information content (AvgIpc) is 2.49. The van der Waals surface area contributed by atoms with Crippen LogP contribution in [0.2, 0.25) is 0 Å². The smallest absolute Gasteiger partial charge is 0.251 e. The van der Waals surface area contributed by atoms with E-state index in [-0.39, 0.29) is 11.9 Å². The molecule has 0 aromatic heterocycles. The van der Waals surface area contributed by atoms with E-state index in [4.69, 9.17) is 0 Å². The number of hydrogen-bond acceptors (Lipinski definition) is 2. The Bertz CT molecular complexity index is 489. The summed E-state index contributed by atoms with van der Waals surface area (Å²) in [5.74, 6) is 0.846. The molecule has 0 bridgehead atoms. The number of allylic oxidation sites excluding steroid dienone is 2. The van der Waals surface area contributed by atoms with Crippen molar-refractivity contribution >= 4 is 5.91 Å². The second-order valence-corrected chi connectivity index (χ2v) is 7.03. The molecule has 1 fully saturated rings. The maximum Gasteiger partial charge on any atom is 0.251 e. The van der Waals surface area contributed by atoms with Gasteiger partial charge in [-0.1, -0.05) is 30.9 Å². The molecule has 1 amide bonds. The lowest BCUT2D eigenvalue weighted by molar-refractivity contribution is -0.119. The summed E-state index contributed by atoms with van der Waals surface area (Å²) in [6.07, 6.45) is 10.7. The molecular formula is C18H27NO2. The number of carbonyl (C=O) groups is 1. The van der Waals surface area contributed by atoms with Crippen LogP contribution in [0.3, 0.4) is 0 Å². The van der Waals surface area contributed by atoms with E-state index < -0.39 is 0 Å². The van der Waals surface area contributed by atoms with Crippen molar-refractivity contribution in [2.45, 2.75) is 77.2 Å². The zero-order chi connectivity index (χ0) is 14.8. The lowest BCUT2D eigenvalue weighted by atomic mass is 9.81. The third-order valence-corrected chi connectivity index (χ3v) is 5.53. The van der Waals surface area contributed by atoms with Gasteiger partial charge in [0.2, 0.25) is 0 Å². The standard InChI is InChI=1S/C18H27NO2/c1-12-6-2-5-9-16(12)19-18(21)15-10-13-7-3-4-8-14(13)11-17(15)20/h12,16,20H,2-11H2,1H3,(H,19,21). The van der Waals surface area contributed by atoms with Gasteiger partial charge in [-0.05, 0) is 44.4 Å². The highest BCUT2D eigenvalue weighted by Gasteiger charge is 2.29. The Kier molecular flexibility index (Phi) is 4.37. The van der Waals surface area contributed by atoms with Crippen molar-refractivity contribution in [3.63, 3.8) is 0 Å². The minimum Gasteiger partial charge on any atom is -0.511 e. The fourth-order valence-electron chi connectivity index (χ4n) is 4.08. The van der Waals surface area contributed by atoms with Crippen molar-refractivity contribution in [2.75, 3.05) is 0 Å². The molecule has 2 N–H and O–H groups in total. The molecule has 2 atom stereocenters. The molecule has 0 aliphatic heterocycles. The van der Waals surface area contributed by atoms with Crippen LogP contribution in [0.25, 0.3) is 0 Å². The summed E-state index contributed by atoms with van der Waals surface area (Å²) >= 11 is 0. The predicted molar refractivity (Wildman–Crippen MR) is 83.9 cm³/mol. The molecule has 0 saturated heterocycles. The quantitative estimate of drug-likeness (QED) is 0.750. The summed E-state index contributed by atoms with van der Waals surface area (Å²) < 4.78 is 0. The molecule has 1 saturated carbocycles. The zero-order valence-electron chi connectivity index (χ0n) is 13.1. The number of amides is 1. The van der Waals surface area contributed by atoms with Gasteiger partial charge in [0.05, 0.1) is 5.57 Å². The molecule has 0 heterocycles. The largest absolute Gasteiger partial charge is 0.511 e. The molecule has 0 aromatic rings. The Labute approximate surface area is 127 Å². The van der Waals surface area contributed by atoms with Gasteiger partial charge in [0.1, 0.15) is 5.76 Å². The third kappa shape index (κ3) is 3.17. The molecule has 0 spiro atoms. The van der Waals surface area contributed by atoms with Gasteiger partial charge in [-0.3, -0.25) is 4.79 Å². The van der Waals surface area contributed by atoms with Crippen molar-refractivity contribution in [1.82, 2.24) is 5.32 Å². The van der Waals surface area contributed by atoms with Crippen molar-refractivity contribution in [2.24, 2.45) is 5.92 Å². The molecular weight excluding hydrogens is 262 g/mol. The Hall–Kier alpha value is -1.25. The van der Waals surface area contributed by atoms with Gasteiger partial charge in [0.15, 0.2) is 0 Å². The third-order valence-electron chi connectivity index (χ3n) is 5.53. The Morgan fingerprint density at radius 3 is 2.43 bits per heavy atom. The van der Waals surface area contributed by atoms with Gasteiger partial charge >= 0.3 is 0 Å². The number of hydrogen-bond donors (Lipinski definition) is 2. The van der Waals surface area contributed by atoms with Crippen LogP contribution < -0.4 is 5.32 Å². The Morgan fingerprint density at radius 1 is 1.05 bits per heavy atom. The Morgan fingerprint density at radius 2 is 1.71 bits per heavy atom. The molecule has 0 aromatic carbocycles. The molecule has 3 rings (SSSR count). The fraction of sp³-hybridized carbons (Fsp3) is 0.722. The topological polar surface area (TPSA) is 49.3 Å². The maximum atomic E-state index is 12.5. The number of nitrogens with one attached hydrogen (secondary N) is 1. The average molecular weight is 289 g/mol. The highest BCUT2D eigenvalue weighted by atomic mass is 16.3. The minimum atomic E-state index is -0.0247. The molecule has 2 unspecified atom stereocenters. The first-order valence-corrected chi connectivity index (χ1v) is 8.56. The number of carbonyl (C=O) groups excluding carboxylic acids is 1. The second kappa shape index (κ2) is 6.25. The van der Waals surface area contributed by atoms with Crippen molar-refractivity contribution in [3.05, 3.63) is 22.5 Å². The number of aliphatic hydroxyl groups excluding tert-OH is 1. The van der Waals surface area contributed by atoms with Gasteiger partial charge in [0, 0.05) is 18.9 Å². The minimum absolute atomic E-state index is 0.0247. The summed E-state index contributed by atoms with van der Waals surface area (Å²) in [5, 5.41) is 13.4. The fourth-order valence-corrected chi connectivity index (χ4v) is 4.08. The van der Waals surface area contributed by atoms with E-state index >= 15 is 0 Å². The molecule has 3 nitrogen and oxygen atoms in total. The summed E-state index contributed by atoms with van der Waals surface area (Å²) in [7, 11) is 0. The first-order chi connectivity index (χ1) is 10.1. The van der Waals surface area contributed by atoms with Gasteiger partial charge in [0.25, 0.3) is 5.91 Å². The predicted octanol–water partition coefficient (Wildman–Crippen LogP) is 4.16. The molecule has 116 valence electrons. The van der Waals surface area contributed by atoms with Crippen molar-refractivity contribution in [1.29, 1.82) is 0 Å². The molecule has 3 heteroatoms. The van der Waals surface area contributed by atoms with E-state index in [1.807, 2.05) is 0 Å². The van der Waals surface area contributed by atoms with Crippen LogP contribution in [0.1, 0.15) is 71.1 Å². The summed E-state index contributed by atoms with van der Waals surface area (Å²) in [4.78, 5) is 12.5. The molecule has 3 aliphatic carbocycles. The van der Waals surface area contributed by atoms with Crippen molar-refractivity contribution < 1.29 is 9.90 Å². The summed E-state index contributed by atoms with van der Waals surface area (Å²) in [5.41, 5.74) is 3.44. The van der Waals surface area contributed by atoms with Crippen LogP contribution in [0.4, 0.5) is 0 Å². The van der Waals surface area contributed by atoms with Gasteiger partial charge in [-0.15, -0.1) is 0 Å². The van der Waals surface area contributed by atoms with Crippen LogP contribution >= 0.6 is 0 Å². The lowest BCUT2D eigenvalue weighted by Gasteiger charge is -2.31. The van der Waals surface area contributed by atoms with Crippen LogP contribution in [-0.2, 0) is 4.79 Å². The van der Waals surface area contributed by atoms with Gasteiger partial charge in [-0.25, -0.2) is 0 Å². The maximum absolute atomic E-state index is 12.5. The van der Waals surface area contributed by atoms with Crippen molar-refractivity contribution in [3.8, 4) is 0 Å². The van der Waals surface area contributed by atoms with Crippen LogP contribution in [0.5, 0.6) is 0 Å². The first kappa shape index (κ1) is 14.7. The van der Waals surface area contributed by atoms with Crippen LogP contribution in [0, 0.1) is 5.92 Å². The molecule has 21 heavy (non-hydrogen) atoms. The van der Waals surface area contributed by atoms with Gasteiger partial charge in [-0.2, -0.15) is 0 Å². The number of rotatable bonds is 2. The van der Waals surface area contributed by atoms with E-state index in [0.717, 1.165) is 19.3 Å². The van der Waals surface area contributed by atoms with E-state index in [1.54, 1.807) is 0 Å². The first-order valence-electron chi connectivity index (χ1n) is 8.56. The molecule has 0 radical (unpaired) electrons. The van der Waals surface area contributed by atoms with Crippen LogP contribution in [0.15, 0.2) is 22.5 Å². The van der Waals surface area contributed by atoms with Gasteiger partial charge < -0.3 is 10.4 Å². The SMILES string of the molecule is CC1CCCCC1NC(=O)C1=C(O)CC2=C(CCCC2)C1. The zero-order valence-corrected chi connectivity index (χ0v) is 13.1. The van der Waals surface area contributed by atoms with E-state index in [2.05, 4.69) is 12.2 Å². The highest BCUT2D eigenvalue weighted by molar-refractivity contribution is 5.95. The second-order valence-electron chi connectivity index (χ2n) is 7.03. The highest BCUT2D eigenvalue weighted by Crippen LogP contribution is 2.37. The van der Waals surface area contributed by atoms with E-state index in [9.17, 15) is 9.90 Å². The number of aliphatic hydroxyl groups is 1.